The number of amides is 1. The van der Waals surface area contributed by atoms with Crippen LogP contribution in [0.25, 0.3) is 5.65 Å². The number of carbonyl (C=O) groups excluding carboxylic acids is 1. The van der Waals surface area contributed by atoms with Crippen LogP contribution >= 0.6 is 0 Å². The molecule has 1 amide bonds. The van der Waals surface area contributed by atoms with Crippen molar-refractivity contribution in [1.29, 1.82) is 0 Å². The van der Waals surface area contributed by atoms with Crippen LogP contribution in [-0.4, -0.2) is 44.3 Å². The minimum atomic E-state index is -0.332. The molecule has 150 valence electrons. The van der Waals surface area contributed by atoms with Crippen LogP contribution in [0.1, 0.15) is 40.9 Å². The minimum Gasteiger partial charge on any atom is -0.329 e. The summed E-state index contributed by atoms with van der Waals surface area (Å²) in [7, 11) is 0. The Kier molecular flexibility index (Phi) is 5.67. The van der Waals surface area contributed by atoms with E-state index in [0.29, 0.717) is 12.2 Å². The highest BCUT2D eigenvalue weighted by Crippen LogP contribution is 2.18. The van der Waals surface area contributed by atoms with E-state index in [9.17, 15) is 9.59 Å². The van der Waals surface area contributed by atoms with Crippen LogP contribution in [0.3, 0.4) is 0 Å². The van der Waals surface area contributed by atoms with E-state index in [1.807, 2.05) is 31.2 Å². The first-order valence-corrected chi connectivity index (χ1v) is 10.0. The van der Waals surface area contributed by atoms with Crippen molar-refractivity contribution < 1.29 is 4.79 Å². The van der Waals surface area contributed by atoms with Crippen LogP contribution in [0, 0.1) is 6.92 Å². The molecule has 1 unspecified atom stereocenters. The van der Waals surface area contributed by atoms with Gasteiger partial charge in [0, 0.05) is 24.6 Å². The molecule has 1 aliphatic heterocycles. The van der Waals surface area contributed by atoms with E-state index in [-0.39, 0.29) is 23.1 Å². The van der Waals surface area contributed by atoms with Crippen molar-refractivity contribution in [3.05, 3.63) is 76.1 Å². The van der Waals surface area contributed by atoms with Crippen molar-refractivity contribution in [2.24, 2.45) is 0 Å². The quantitative estimate of drug-likeness (QED) is 0.737. The largest absolute Gasteiger partial charge is 0.329 e. The number of aromatic nitrogens is 3. The third-order valence-corrected chi connectivity index (χ3v) is 5.39. The van der Waals surface area contributed by atoms with E-state index in [4.69, 9.17) is 0 Å². The fourth-order valence-electron chi connectivity index (χ4n) is 3.83. The fraction of sp³-hybridized carbons (Fsp3) is 0.364. The maximum Gasteiger partial charge on any atom is 0.270 e. The van der Waals surface area contributed by atoms with Gasteiger partial charge in [0.1, 0.15) is 11.2 Å². The van der Waals surface area contributed by atoms with Gasteiger partial charge in [-0.25, -0.2) is 4.98 Å². The molecule has 29 heavy (non-hydrogen) atoms. The van der Waals surface area contributed by atoms with Gasteiger partial charge in [0.05, 0.1) is 12.2 Å². The summed E-state index contributed by atoms with van der Waals surface area (Å²) in [5, 5.41) is 3.38. The Morgan fingerprint density at radius 1 is 1.21 bits per heavy atom. The summed E-state index contributed by atoms with van der Waals surface area (Å²) in [5.41, 5.74) is 2.05. The molecule has 7 heteroatoms. The standard InChI is InChI=1S/C22H25N5O2/c1-16-7-8-20-25-13-19(22(29)27(20)14-16)21(28)26(15-17-5-2-3-11-24-17)18-6-4-10-23-12-9-18/h2-3,5,7-8,11,13-14,18,23H,4,6,9-10,12,15H2,1H3. The van der Waals surface area contributed by atoms with E-state index >= 15 is 0 Å². The molecule has 4 rings (SSSR count). The SMILES string of the molecule is Cc1ccc2ncc(C(=O)N(Cc3ccccn3)C3CCCNCC3)c(=O)n2c1. The predicted octanol–water partition coefficient (Wildman–Crippen LogP) is 2.18. The molecule has 1 fully saturated rings. The van der Waals surface area contributed by atoms with Crippen LogP contribution in [0.2, 0.25) is 0 Å². The Labute approximate surface area is 169 Å². The molecule has 0 spiro atoms. The Morgan fingerprint density at radius 3 is 2.93 bits per heavy atom. The summed E-state index contributed by atoms with van der Waals surface area (Å²) in [6, 6.07) is 9.41. The summed E-state index contributed by atoms with van der Waals surface area (Å²) >= 11 is 0. The lowest BCUT2D eigenvalue weighted by Crippen LogP contribution is -2.43. The molecule has 1 saturated heterocycles. The number of fused-ring (bicyclic) bond motifs is 1. The second-order valence-electron chi connectivity index (χ2n) is 7.50. The number of hydrogen-bond donors (Lipinski definition) is 1. The van der Waals surface area contributed by atoms with Crippen LogP contribution in [0.5, 0.6) is 0 Å². The number of pyridine rings is 2. The Bertz CT molecular complexity index is 1060. The van der Waals surface area contributed by atoms with Crippen LogP contribution in [-0.2, 0) is 6.54 Å². The van der Waals surface area contributed by atoms with Gasteiger partial charge in [0.15, 0.2) is 0 Å². The van der Waals surface area contributed by atoms with Crippen molar-refractivity contribution >= 4 is 11.6 Å². The molecule has 0 radical (unpaired) electrons. The number of nitrogens with one attached hydrogen (secondary N) is 1. The number of rotatable bonds is 4. The van der Waals surface area contributed by atoms with Gasteiger partial charge in [-0.1, -0.05) is 12.1 Å². The summed E-state index contributed by atoms with van der Waals surface area (Å²) in [4.78, 5) is 37.1. The zero-order valence-corrected chi connectivity index (χ0v) is 16.5. The van der Waals surface area contributed by atoms with Crippen molar-refractivity contribution in [2.45, 2.75) is 38.8 Å². The topological polar surface area (TPSA) is 79.6 Å². The lowest BCUT2D eigenvalue weighted by molar-refractivity contribution is 0.0640. The van der Waals surface area contributed by atoms with Gasteiger partial charge in [-0.2, -0.15) is 0 Å². The highest BCUT2D eigenvalue weighted by Gasteiger charge is 2.28. The zero-order valence-electron chi connectivity index (χ0n) is 16.5. The second-order valence-corrected chi connectivity index (χ2v) is 7.50. The zero-order chi connectivity index (χ0) is 20.2. The summed E-state index contributed by atoms with van der Waals surface area (Å²) in [5.74, 6) is -0.282. The van der Waals surface area contributed by atoms with E-state index in [1.54, 1.807) is 23.4 Å². The Hall–Kier alpha value is -3.06. The molecule has 0 aliphatic carbocycles. The van der Waals surface area contributed by atoms with Gasteiger partial charge in [0.25, 0.3) is 11.5 Å². The van der Waals surface area contributed by atoms with Crippen LogP contribution in [0.4, 0.5) is 0 Å². The molecule has 1 aliphatic rings. The smallest absolute Gasteiger partial charge is 0.270 e. The average Bonchev–Trinajstić information content (AvgIpc) is 3.02. The molecule has 0 aromatic carbocycles. The van der Waals surface area contributed by atoms with Gasteiger partial charge in [-0.15, -0.1) is 0 Å². The van der Waals surface area contributed by atoms with E-state index in [1.165, 1.54) is 10.6 Å². The highest BCUT2D eigenvalue weighted by atomic mass is 16.2. The average molecular weight is 391 g/mol. The molecule has 1 N–H and O–H groups in total. The Morgan fingerprint density at radius 2 is 2.10 bits per heavy atom. The van der Waals surface area contributed by atoms with Crippen molar-refractivity contribution in [3.8, 4) is 0 Å². The molecule has 0 bridgehead atoms. The highest BCUT2D eigenvalue weighted by molar-refractivity contribution is 5.94. The first-order valence-electron chi connectivity index (χ1n) is 10.0. The predicted molar refractivity (Wildman–Crippen MR) is 111 cm³/mol. The lowest BCUT2D eigenvalue weighted by atomic mass is 10.1. The maximum atomic E-state index is 13.5. The van der Waals surface area contributed by atoms with E-state index in [0.717, 1.165) is 43.6 Å². The summed E-state index contributed by atoms with van der Waals surface area (Å²) in [6.45, 7) is 4.08. The van der Waals surface area contributed by atoms with Crippen LogP contribution in [0.15, 0.2) is 53.7 Å². The molecule has 1 atom stereocenters. The number of aryl methyl sites for hydroxylation is 1. The van der Waals surface area contributed by atoms with E-state index in [2.05, 4.69) is 15.3 Å². The number of carbonyl (C=O) groups is 1. The normalized spacial score (nSPS) is 17.1. The molecular weight excluding hydrogens is 366 g/mol. The Balaban J connectivity index is 1.73. The summed E-state index contributed by atoms with van der Waals surface area (Å²) in [6.07, 6.45) is 7.59. The molecule has 3 aromatic rings. The van der Waals surface area contributed by atoms with Crippen molar-refractivity contribution in [3.63, 3.8) is 0 Å². The summed E-state index contributed by atoms with van der Waals surface area (Å²) < 4.78 is 1.45. The first-order chi connectivity index (χ1) is 14.1. The van der Waals surface area contributed by atoms with Crippen molar-refractivity contribution in [2.75, 3.05) is 13.1 Å². The van der Waals surface area contributed by atoms with Crippen LogP contribution < -0.4 is 10.9 Å². The molecule has 0 saturated carbocycles. The van der Waals surface area contributed by atoms with Gasteiger partial charge < -0.3 is 10.2 Å². The van der Waals surface area contributed by atoms with Crippen molar-refractivity contribution in [1.82, 2.24) is 24.6 Å². The van der Waals surface area contributed by atoms with Gasteiger partial charge in [0.2, 0.25) is 0 Å². The monoisotopic (exact) mass is 391 g/mol. The van der Waals surface area contributed by atoms with Gasteiger partial charge in [-0.3, -0.25) is 19.0 Å². The lowest BCUT2D eigenvalue weighted by Gasteiger charge is -2.30. The molecule has 4 heterocycles. The molecular formula is C22H25N5O2. The third-order valence-electron chi connectivity index (χ3n) is 5.39. The van der Waals surface area contributed by atoms with Gasteiger partial charge >= 0.3 is 0 Å². The second kappa shape index (κ2) is 8.53. The molecule has 3 aromatic heterocycles. The third kappa shape index (κ3) is 4.19. The van der Waals surface area contributed by atoms with E-state index < -0.39 is 0 Å². The number of nitrogens with zero attached hydrogens (tertiary/aromatic N) is 4. The van der Waals surface area contributed by atoms with Gasteiger partial charge in [-0.05, 0) is 63.0 Å². The maximum absolute atomic E-state index is 13.5. The fourth-order valence-corrected chi connectivity index (χ4v) is 3.83. The first kappa shape index (κ1) is 19.3. The molecule has 7 nitrogen and oxygen atoms in total. The minimum absolute atomic E-state index is 0.0529. The number of hydrogen-bond acceptors (Lipinski definition) is 5.